The van der Waals surface area contributed by atoms with Crippen molar-refractivity contribution in [3.63, 3.8) is 0 Å². The number of rotatable bonds is 8. The average Bonchev–Trinajstić information content (AvgIpc) is 2.60. The number of carbonyl (C=O) groups is 1. The van der Waals surface area contributed by atoms with Crippen molar-refractivity contribution in [3.8, 4) is 0 Å². The van der Waals surface area contributed by atoms with E-state index in [1.54, 1.807) is 6.33 Å². The van der Waals surface area contributed by atoms with E-state index in [1.807, 2.05) is 6.07 Å². The molecule has 0 radical (unpaired) electrons. The molecule has 0 bridgehead atoms. The maximum Gasteiger partial charge on any atom is 0.220 e. The second kappa shape index (κ2) is 9.45. The lowest BCUT2D eigenvalue weighted by Gasteiger charge is -2.33. The number of nitrogens with one attached hydrogen (secondary N) is 2. The molecule has 6 nitrogen and oxygen atoms in total. The molecule has 0 unspecified atom stereocenters. The number of amides is 1. The van der Waals surface area contributed by atoms with Crippen molar-refractivity contribution >= 4 is 17.5 Å². The number of aromatic nitrogens is 2. The second-order valence-electron chi connectivity index (χ2n) is 6.66. The van der Waals surface area contributed by atoms with Gasteiger partial charge < -0.3 is 15.5 Å². The van der Waals surface area contributed by atoms with E-state index in [-0.39, 0.29) is 11.9 Å². The second-order valence-corrected chi connectivity index (χ2v) is 6.66. The Kier molecular flexibility index (Phi) is 7.28. The number of anilines is 2. The lowest BCUT2D eigenvalue weighted by molar-refractivity contribution is -0.122. The van der Waals surface area contributed by atoms with Gasteiger partial charge in [0.15, 0.2) is 0 Å². The third-order valence-electron chi connectivity index (χ3n) is 4.65. The minimum absolute atomic E-state index is 0.179. The summed E-state index contributed by atoms with van der Waals surface area (Å²) in [5.74, 6) is 2.59. The van der Waals surface area contributed by atoms with Crippen molar-refractivity contribution in [3.05, 3.63) is 12.4 Å². The van der Waals surface area contributed by atoms with Crippen LogP contribution in [-0.2, 0) is 4.79 Å². The molecule has 24 heavy (non-hydrogen) atoms. The predicted octanol–water partition coefficient (Wildman–Crippen LogP) is 2.82. The molecule has 2 atom stereocenters. The van der Waals surface area contributed by atoms with Gasteiger partial charge in [-0.15, -0.1) is 0 Å². The van der Waals surface area contributed by atoms with Gasteiger partial charge in [0.05, 0.1) is 0 Å². The quantitative estimate of drug-likeness (QED) is 0.765. The molecule has 0 saturated carbocycles. The van der Waals surface area contributed by atoms with Gasteiger partial charge in [0.2, 0.25) is 5.91 Å². The largest absolute Gasteiger partial charge is 0.370 e. The van der Waals surface area contributed by atoms with Crippen LogP contribution in [0.2, 0.25) is 0 Å². The van der Waals surface area contributed by atoms with Crippen LogP contribution in [0.5, 0.6) is 0 Å². The molecule has 2 rings (SSSR count). The molecule has 1 saturated heterocycles. The highest BCUT2D eigenvalue weighted by molar-refractivity contribution is 5.76. The number of nitrogens with zero attached hydrogens (tertiary/aromatic N) is 3. The van der Waals surface area contributed by atoms with Gasteiger partial charge >= 0.3 is 0 Å². The topological polar surface area (TPSA) is 70.2 Å². The SMILES string of the molecule is CCNc1cc(N2CCC[C@H](CCC(=O)N[C@H](C)CC)C2)ncn1. The van der Waals surface area contributed by atoms with Crippen molar-refractivity contribution in [1.29, 1.82) is 0 Å². The zero-order valence-corrected chi connectivity index (χ0v) is 15.2. The van der Waals surface area contributed by atoms with Crippen molar-refractivity contribution in [2.24, 2.45) is 5.92 Å². The fourth-order valence-electron chi connectivity index (χ4n) is 3.09. The summed E-state index contributed by atoms with van der Waals surface area (Å²) < 4.78 is 0. The van der Waals surface area contributed by atoms with Crippen molar-refractivity contribution in [2.45, 2.75) is 58.9 Å². The molecular formula is C18H31N5O. The first-order valence-corrected chi connectivity index (χ1v) is 9.22. The third kappa shape index (κ3) is 5.65. The molecule has 134 valence electrons. The minimum atomic E-state index is 0.179. The fraction of sp³-hybridized carbons (Fsp3) is 0.722. The third-order valence-corrected chi connectivity index (χ3v) is 4.65. The summed E-state index contributed by atoms with van der Waals surface area (Å²) in [6, 6.07) is 2.28. The summed E-state index contributed by atoms with van der Waals surface area (Å²) in [5, 5.41) is 6.28. The smallest absolute Gasteiger partial charge is 0.220 e. The van der Waals surface area contributed by atoms with E-state index in [0.29, 0.717) is 12.3 Å². The summed E-state index contributed by atoms with van der Waals surface area (Å²) in [6.45, 7) is 9.05. The van der Waals surface area contributed by atoms with E-state index in [9.17, 15) is 4.79 Å². The van der Waals surface area contributed by atoms with Gasteiger partial charge in [-0.05, 0) is 45.4 Å². The highest BCUT2D eigenvalue weighted by atomic mass is 16.1. The van der Waals surface area contributed by atoms with E-state index in [4.69, 9.17) is 0 Å². The Bertz CT molecular complexity index is 522. The van der Waals surface area contributed by atoms with Crippen LogP contribution in [0, 0.1) is 5.92 Å². The van der Waals surface area contributed by atoms with Gasteiger partial charge in [-0.2, -0.15) is 0 Å². The molecular weight excluding hydrogens is 302 g/mol. The highest BCUT2D eigenvalue weighted by Crippen LogP contribution is 2.25. The van der Waals surface area contributed by atoms with Crippen molar-refractivity contribution < 1.29 is 4.79 Å². The Morgan fingerprint density at radius 1 is 1.42 bits per heavy atom. The molecule has 1 fully saturated rings. The Hall–Kier alpha value is -1.85. The van der Waals surface area contributed by atoms with Crippen LogP contribution in [0.25, 0.3) is 0 Å². The number of hydrogen-bond donors (Lipinski definition) is 2. The first-order valence-electron chi connectivity index (χ1n) is 9.22. The molecule has 0 aromatic carbocycles. The van der Waals surface area contributed by atoms with Gasteiger partial charge in [-0.25, -0.2) is 9.97 Å². The lowest BCUT2D eigenvalue weighted by atomic mass is 9.93. The zero-order valence-electron chi connectivity index (χ0n) is 15.2. The Morgan fingerprint density at radius 3 is 3.00 bits per heavy atom. The fourth-order valence-corrected chi connectivity index (χ4v) is 3.09. The zero-order chi connectivity index (χ0) is 17.4. The van der Waals surface area contributed by atoms with Crippen LogP contribution in [-0.4, -0.2) is 41.6 Å². The average molecular weight is 333 g/mol. The van der Waals surface area contributed by atoms with Crippen LogP contribution in [0.15, 0.2) is 12.4 Å². The van der Waals surface area contributed by atoms with E-state index in [1.165, 1.54) is 6.42 Å². The molecule has 2 N–H and O–H groups in total. The summed E-state index contributed by atoms with van der Waals surface area (Å²) in [4.78, 5) is 22.9. The number of carbonyl (C=O) groups excluding carboxylic acids is 1. The molecule has 2 heterocycles. The molecule has 0 spiro atoms. The summed E-state index contributed by atoms with van der Waals surface area (Å²) in [7, 11) is 0. The molecule has 1 aliphatic rings. The van der Waals surface area contributed by atoms with Crippen LogP contribution >= 0.6 is 0 Å². The lowest BCUT2D eigenvalue weighted by Crippen LogP contribution is -2.37. The number of hydrogen-bond acceptors (Lipinski definition) is 5. The molecule has 6 heteroatoms. The molecule has 0 aliphatic carbocycles. The van der Waals surface area contributed by atoms with Crippen LogP contribution in [0.1, 0.15) is 52.9 Å². The maximum absolute atomic E-state index is 12.0. The maximum atomic E-state index is 12.0. The summed E-state index contributed by atoms with van der Waals surface area (Å²) in [5.41, 5.74) is 0. The molecule has 1 aliphatic heterocycles. The van der Waals surface area contributed by atoms with Gasteiger partial charge in [-0.1, -0.05) is 6.92 Å². The van der Waals surface area contributed by atoms with Gasteiger partial charge in [-0.3, -0.25) is 4.79 Å². The van der Waals surface area contributed by atoms with Gasteiger partial charge in [0.1, 0.15) is 18.0 Å². The van der Waals surface area contributed by atoms with E-state index >= 15 is 0 Å². The molecule has 1 amide bonds. The van der Waals surface area contributed by atoms with Crippen molar-refractivity contribution in [2.75, 3.05) is 29.9 Å². The summed E-state index contributed by atoms with van der Waals surface area (Å²) in [6.07, 6.45) is 6.51. The van der Waals surface area contributed by atoms with E-state index < -0.39 is 0 Å². The standard InChI is InChI=1S/C18H31N5O/c1-4-14(3)22-18(24)9-8-15-7-6-10-23(12-15)17-11-16(19-5-2)20-13-21-17/h11,13-15H,4-10,12H2,1-3H3,(H,22,24)(H,19,20,21)/t14-,15-/m1/s1. The van der Waals surface area contributed by atoms with Crippen LogP contribution in [0.4, 0.5) is 11.6 Å². The van der Waals surface area contributed by atoms with Gasteiger partial charge in [0, 0.05) is 38.2 Å². The molecule has 1 aromatic heterocycles. The summed E-state index contributed by atoms with van der Waals surface area (Å²) >= 11 is 0. The van der Waals surface area contributed by atoms with Crippen LogP contribution < -0.4 is 15.5 Å². The first-order chi connectivity index (χ1) is 11.6. The Morgan fingerprint density at radius 2 is 2.25 bits per heavy atom. The van der Waals surface area contributed by atoms with Gasteiger partial charge in [0.25, 0.3) is 0 Å². The normalized spacial score (nSPS) is 19.0. The van der Waals surface area contributed by atoms with Crippen LogP contribution in [0.3, 0.4) is 0 Å². The Balaban J connectivity index is 1.85. The number of piperidine rings is 1. The van der Waals surface area contributed by atoms with Crippen molar-refractivity contribution in [1.82, 2.24) is 15.3 Å². The first kappa shape index (κ1) is 18.5. The minimum Gasteiger partial charge on any atom is -0.370 e. The Labute approximate surface area is 145 Å². The van der Waals surface area contributed by atoms with E-state index in [2.05, 4.69) is 46.3 Å². The highest BCUT2D eigenvalue weighted by Gasteiger charge is 2.22. The monoisotopic (exact) mass is 333 g/mol. The van der Waals surface area contributed by atoms with E-state index in [0.717, 1.165) is 50.5 Å². The predicted molar refractivity (Wildman–Crippen MR) is 98.3 cm³/mol. The molecule has 1 aromatic rings.